The summed E-state index contributed by atoms with van der Waals surface area (Å²) in [6.07, 6.45) is 4.88. The molecule has 0 spiro atoms. The summed E-state index contributed by atoms with van der Waals surface area (Å²) in [6.45, 7) is 12.8. The van der Waals surface area contributed by atoms with Crippen molar-refractivity contribution in [3.63, 3.8) is 0 Å². The Kier molecular flexibility index (Phi) is 15.9. The number of aliphatic hydroxyl groups is 1. The maximum absolute atomic E-state index is 13.6. The summed E-state index contributed by atoms with van der Waals surface area (Å²) < 4.78 is 0. The first-order valence-electron chi connectivity index (χ1n) is 13.5. The lowest BCUT2D eigenvalue weighted by molar-refractivity contribution is -0.147. The number of amides is 3. The lowest BCUT2D eigenvalue weighted by atomic mass is 9.93. The molecule has 5 atom stereocenters. The molecule has 0 fully saturated rings. The Labute approximate surface area is 226 Å². The van der Waals surface area contributed by atoms with Gasteiger partial charge in [0.1, 0.15) is 6.04 Å². The van der Waals surface area contributed by atoms with Gasteiger partial charge >= 0.3 is 0 Å². The molecule has 3 N–H and O–H groups in total. The molecule has 0 rings (SSSR count). The van der Waals surface area contributed by atoms with Crippen LogP contribution in [0.1, 0.15) is 60.8 Å². The molecule has 0 saturated heterocycles. The van der Waals surface area contributed by atoms with Crippen LogP contribution in [-0.4, -0.2) is 115 Å². The highest BCUT2D eigenvalue weighted by Crippen LogP contribution is 2.19. The van der Waals surface area contributed by atoms with Gasteiger partial charge in [-0.3, -0.25) is 19.3 Å². The molecular formula is C28H55N5O4. The van der Waals surface area contributed by atoms with Crippen molar-refractivity contribution < 1.29 is 19.5 Å². The first-order valence-corrected chi connectivity index (χ1v) is 13.5. The van der Waals surface area contributed by atoms with E-state index in [-0.39, 0.29) is 24.4 Å². The van der Waals surface area contributed by atoms with Crippen LogP contribution < -0.4 is 5.73 Å². The van der Waals surface area contributed by atoms with E-state index in [4.69, 9.17) is 5.73 Å². The van der Waals surface area contributed by atoms with E-state index in [1.54, 1.807) is 14.0 Å². The third kappa shape index (κ3) is 12.0. The maximum atomic E-state index is 13.6. The summed E-state index contributed by atoms with van der Waals surface area (Å²) in [4.78, 5) is 45.8. The summed E-state index contributed by atoms with van der Waals surface area (Å²) in [5, 5.41) is 10.8. The van der Waals surface area contributed by atoms with Gasteiger partial charge in [0.15, 0.2) is 0 Å². The van der Waals surface area contributed by atoms with Gasteiger partial charge in [0.25, 0.3) is 0 Å². The van der Waals surface area contributed by atoms with Gasteiger partial charge in [0.05, 0.1) is 18.7 Å². The molecule has 3 amide bonds. The Balaban J connectivity index is 5.61. The maximum Gasteiger partial charge on any atom is 0.242 e. The number of primary amides is 1. The molecule has 0 aliphatic rings. The Morgan fingerprint density at radius 3 is 1.89 bits per heavy atom. The van der Waals surface area contributed by atoms with Crippen molar-refractivity contribution in [1.29, 1.82) is 0 Å². The number of hydrogen-bond donors (Lipinski definition) is 2. The van der Waals surface area contributed by atoms with Gasteiger partial charge in [0.2, 0.25) is 17.7 Å². The summed E-state index contributed by atoms with van der Waals surface area (Å²) in [7, 11) is 9.15. The van der Waals surface area contributed by atoms with Crippen molar-refractivity contribution in [3.05, 3.63) is 12.2 Å². The molecule has 0 aromatic carbocycles. The zero-order valence-electron chi connectivity index (χ0n) is 25.3. The minimum Gasteiger partial charge on any atom is -0.390 e. The average Bonchev–Trinajstić information content (AvgIpc) is 2.78. The fourth-order valence-electron chi connectivity index (χ4n) is 4.56. The predicted molar refractivity (Wildman–Crippen MR) is 151 cm³/mol. The SMILES string of the molecule is C/C=C/C[C@@H](C)[C@@H](O)C(C(N)=O)N(C)C(=O)CN(C)C(=O)[C@H](CC(C)C)N(C)C[C@H](CC(C)C)N(C)C. The van der Waals surface area contributed by atoms with E-state index in [9.17, 15) is 19.5 Å². The number of allylic oxidation sites excluding steroid dienone is 2. The molecule has 0 heterocycles. The monoisotopic (exact) mass is 525 g/mol. The van der Waals surface area contributed by atoms with Crippen LogP contribution in [0.15, 0.2) is 12.2 Å². The molecule has 9 nitrogen and oxygen atoms in total. The average molecular weight is 526 g/mol. The van der Waals surface area contributed by atoms with Gasteiger partial charge in [-0.2, -0.15) is 0 Å². The lowest BCUT2D eigenvalue weighted by Gasteiger charge is -2.37. The molecule has 9 heteroatoms. The first-order chi connectivity index (χ1) is 17.0. The molecule has 37 heavy (non-hydrogen) atoms. The molecule has 0 radical (unpaired) electrons. The van der Waals surface area contributed by atoms with Crippen molar-refractivity contribution in [2.24, 2.45) is 23.5 Å². The standard InChI is InChI=1S/C28H55N5O4/c1-12-13-14-21(6)26(35)25(27(29)36)33(11)24(34)18-32(10)28(37)23(16-20(4)5)31(9)17-22(30(7)8)15-19(2)3/h12-13,19-23,25-26,35H,14-18H2,1-11H3,(H2,29,36)/b13-12+/t21-,22+,23+,25?,26-/m1/s1. The van der Waals surface area contributed by atoms with Crippen molar-refractivity contribution >= 4 is 17.7 Å². The van der Waals surface area contributed by atoms with Gasteiger partial charge < -0.3 is 25.5 Å². The van der Waals surface area contributed by atoms with Crippen LogP contribution in [0.3, 0.4) is 0 Å². The van der Waals surface area contributed by atoms with Crippen molar-refractivity contribution in [2.75, 3.05) is 48.3 Å². The fourth-order valence-corrected chi connectivity index (χ4v) is 4.56. The van der Waals surface area contributed by atoms with E-state index in [0.29, 0.717) is 30.7 Å². The van der Waals surface area contributed by atoms with Crippen LogP contribution in [0.4, 0.5) is 0 Å². The largest absolute Gasteiger partial charge is 0.390 e. The minimum atomic E-state index is -1.18. The number of nitrogens with zero attached hydrogens (tertiary/aromatic N) is 4. The number of nitrogens with two attached hydrogens (primary N) is 1. The summed E-state index contributed by atoms with van der Waals surface area (Å²) >= 11 is 0. The van der Waals surface area contributed by atoms with Crippen molar-refractivity contribution in [3.8, 4) is 0 Å². The molecule has 0 saturated carbocycles. The summed E-state index contributed by atoms with van der Waals surface area (Å²) in [5.41, 5.74) is 5.58. The molecule has 0 aromatic heterocycles. The number of carbonyl (C=O) groups excluding carboxylic acids is 3. The predicted octanol–water partition coefficient (Wildman–Crippen LogP) is 2.04. The zero-order chi connectivity index (χ0) is 29.0. The third-order valence-electron chi connectivity index (χ3n) is 6.99. The molecule has 0 aromatic rings. The number of hydrogen-bond acceptors (Lipinski definition) is 6. The van der Waals surface area contributed by atoms with Crippen LogP contribution in [0, 0.1) is 17.8 Å². The van der Waals surface area contributed by atoms with Gasteiger partial charge in [0, 0.05) is 26.7 Å². The van der Waals surface area contributed by atoms with Gasteiger partial charge in [-0.15, -0.1) is 0 Å². The van der Waals surface area contributed by atoms with Crippen molar-refractivity contribution in [1.82, 2.24) is 19.6 Å². The smallest absolute Gasteiger partial charge is 0.242 e. The quantitative estimate of drug-likeness (QED) is 0.281. The summed E-state index contributed by atoms with van der Waals surface area (Å²) in [6, 6.07) is -1.26. The fraction of sp³-hybridized carbons (Fsp3) is 0.821. The first kappa shape index (κ1) is 35.0. The molecule has 0 bridgehead atoms. The number of likely N-dealkylation sites (N-methyl/N-ethyl adjacent to an activating group) is 4. The second kappa shape index (κ2) is 16.8. The van der Waals surface area contributed by atoms with E-state index in [1.165, 1.54) is 16.8 Å². The highest BCUT2D eigenvalue weighted by atomic mass is 16.3. The normalized spacial score (nSPS) is 16.3. The number of rotatable bonds is 17. The van der Waals surface area contributed by atoms with Crippen LogP contribution >= 0.6 is 0 Å². The number of carbonyl (C=O) groups is 3. The Morgan fingerprint density at radius 1 is 0.919 bits per heavy atom. The van der Waals surface area contributed by atoms with Crippen LogP contribution in [0.5, 0.6) is 0 Å². The van der Waals surface area contributed by atoms with E-state index in [1.807, 2.05) is 26.1 Å². The molecule has 0 aliphatic heterocycles. The Bertz CT molecular complexity index is 740. The lowest BCUT2D eigenvalue weighted by Crippen LogP contribution is -2.57. The number of aliphatic hydroxyl groups excluding tert-OH is 1. The highest BCUT2D eigenvalue weighted by Gasteiger charge is 2.36. The Morgan fingerprint density at radius 2 is 1.46 bits per heavy atom. The van der Waals surface area contributed by atoms with Gasteiger partial charge in [-0.25, -0.2) is 0 Å². The third-order valence-corrected chi connectivity index (χ3v) is 6.99. The van der Waals surface area contributed by atoms with Crippen LogP contribution in [-0.2, 0) is 14.4 Å². The zero-order valence-corrected chi connectivity index (χ0v) is 25.3. The summed E-state index contributed by atoms with van der Waals surface area (Å²) in [5.74, 6) is -0.819. The van der Waals surface area contributed by atoms with Crippen molar-refractivity contribution in [2.45, 2.75) is 85.0 Å². The molecule has 216 valence electrons. The van der Waals surface area contributed by atoms with E-state index in [2.05, 4.69) is 51.6 Å². The molecule has 0 aliphatic carbocycles. The van der Waals surface area contributed by atoms with E-state index >= 15 is 0 Å². The van der Waals surface area contributed by atoms with E-state index in [0.717, 1.165) is 13.0 Å². The van der Waals surface area contributed by atoms with Crippen LogP contribution in [0.25, 0.3) is 0 Å². The minimum absolute atomic E-state index is 0.141. The molecular weight excluding hydrogens is 470 g/mol. The highest BCUT2D eigenvalue weighted by molar-refractivity contribution is 5.90. The Hall–Kier alpha value is -1.97. The second-order valence-corrected chi connectivity index (χ2v) is 11.7. The second-order valence-electron chi connectivity index (χ2n) is 11.7. The van der Waals surface area contributed by atoms with Gasteiger partial charge in [-0.05, 0) is 65.1 Å². The van der Waals surface area contributed by atoms with Gasteiger partial charge in [-0.1, -0.05) is 46.8 Å². The topological polar surface area (TPSA) is 110 Å². The molecule has 1 unspecified atom stereocenters. The van der Waals surface area contributed by atoms with E-state index < -0.39 is 24.0 Å². The van der Waals surface area contributed by atoms with Crippen LogP contribution in [0.2, 0.25) is 0 Å².